The number of halogens is 3. The lowest BCUT2D eigenvalue weighted by Crippen LogP contribution is -2.26. The van der Waals surface area contributed by atoms with Crippen LogP contribution in [0.25, 0.3) is 0 Å². The van der Waals surface area contributed by atoms with Crippen molar-refractivity contribution in [2.75, 3.05) is 0 Å². The van der Waals surface area contributed by atoms with Crippen molar-refractivity contribution in [1.82, 2.24) is 5.32 Å². The molecule has 1 atom stereocenters. The molecule has 2 aromatic rings. The van der Waals surface area contributed by atoms with Crippen LogP contribution in [0, 0.1) is 0 Å². The number of carbonyl (C=O) groups excluding carboxylic acids is 1. The zero-order chi connectivity index (χ0) is 14.7. The lowest BCUT2D eigenvalue weighted by atomic mass is 10.1. The fourth-order valence-corrected chi connectivity index (χ4v) is 2.44. The largest absolute Gasteiger partial charge is 0.346 e. The van der Waals surface area contributed by atoms with Gasteiger partial charge in [0.1, 0.15) is 0 Å². The van der Waals surface area contributed by atoms with E-state index < -0.39 is 0 Å². The SMILES string of the molecule is CC(NC(=O)c1ccc(Br)c(Cl)c1)c1ccc(Br)cc1. The highest BCUT2D eigenvalue weighted by Gasteiger charge is 2.12. The van der Waals surface area contributed by atoms with E-state index in [2.05, 4.69) is 37.2 Å². The second kappa shape index (κ2) is 6.74. The molecule has 0 radical (unpaired) electrons. The van der Waals surface area contributed by atoms with Gasteiger partial charge in [-0.2, -0.15) is 0 Å². The van der Waals surface area contributed by atoms with Crippen molar-refractivity contribution in [1.29, 1.82) is 0 Å². The van der Waals surface area contributed by atoms with Crippen molar-refractivity contribution >= 4 is 49.4 Å². The molecule has 0 spiro atoms. The third-order valence-corrected chi connectivity index (χ3v) is 4.66. The fraction of sp³-hybridized carbons (Fsp3) is 0.133. The van der Waals surface area contributed by atoms with Gasteiger partial charge in [0.25, 0.3) is 5.91 Å². The van der Waals surface area contributed by atoms with Gasteiger partial charge in [0.05, 0.1) is 11.1 Å². The second-order valence-corrected chi connectivity index (χ2v) is 6.55. The molecule has 20 heavy (non-hydrogen) atoms. The molecular weight excluding hydrogens is 405 g/mol. The number of nitrogens with one attached hydrogen (secondary N) is 1. The first kappa shape index (κ1) is 15.5. The molecule has 0 fully saturated rings. The van der Waals surface area contributed by atoms with Crippen LogP contribution < -0.4 is 5.32 Å². The predicted molar refractivity (Wildman–Crippen MR) is 89.2 cm³/mol. The molecule has 0 aliphatic heterocycles. The van der Waals surface area contributed by atoms with Crippen LogP contribution in [0.2, 0.25) is 5.02 Å². The molecule has 1 unspecified atom stereocenters. The van der Waals surface area contributed by atoms with Gasteiger partial charge in [-0.1, -0.05) is 39.7 Å². The van der Waals surface area contributed by atoms with Crippen LogP contribution in [0.3, 0.4) is 0 Å². The van der Waals surface area contributed by atoms with E-state index in [0.717, 1.165) is 14.5 Å². The Kier molecular flexibility index (Phi) is 5.24. The molecule has 0 bridgehead atoms. The maximum atomic E-state index is 12.2. The highest BCUT2D eigenvalue weighted by molar-refractivity contribution is 9.10. The van der Waals surface area contributed by atoms with Crippen molar-refractivity contribution in [2.45, 2.75) is 13.0 Å². The molecule has 1 N–H and O–H groups in total. The first-order valence-corrected chi connectivity index (χ1v) is 7.95. The van der Waals surface area contributed by atoms with Gasteiger partial charge >= 0.3 is 0 Å². The molecule has 0 aliphatic carbocycles. The minimum absolute atomic E-state index is 0.0713. The Balaban J connectivity index is 2.10. The summed E-state index contributed by atoms with van der Waals surface area (Å²) >= 11 is 12.7. The van der Waals surface area contributed by atoms with Gasteiger partial charge in [0, 0.05) is 14.5 Å². The van der Waals surface area contributed by atoms with Crippen molar-refractivity contribution in [3.8, 4) is 0 Å². The smallest absolute Gasteiger partial charge is 0.251 e. The van der Waals surface area contributed by atoms with E-state index >= 15 is 0 Å². The van der Waals surface area contributed by atoms with Crippen molar-refractivity contribution in [2.24, 2.45) is 0 Å². The average molecular weight is 418 g/mol. The van der Waals surface area contributed by atoms with Gasteiger partial charge in [-0.3, -0.25) is 4.79 Å². The molecule has 104 valence electrons. The van der Waals surface area contributed by atoms with Crippen LogP contribution in [0.1, 0.15) is 28.9 Å². The first-order valence-electron chi connectivity index (χ1n) is 5.99. The number of amides is 1. The van der Waals surface area contributed by atoms with Gasteiger partial charge in [-0.15, -0.1) is 0 Å². The summed E-state index contributed by atoms with van der Waals surface area (Å²) in [5.41, 5.74) is 1.59. The Morgan fingerprint density at radius 2 is 1.80 bits per heavy atom. The van der Waals surface area contributed by atoms with Crippen LogP contribution in [0.5, 0.6) is 0 Å². The Morgan fingerprint density at radius 1 is 1.15 bits per heavy atom. The Hall–Kier alpha value is -0.840. The zero-order valence-electron chi connectivity index (χ0n) is 10.7. The van der Waals surface area contributed by atoms with E-state index in [0.29, 0.717) is 10.6 Å². The summed E-state index contributed by atoms with van der Waals surface area (Å²) in [6, 6.07) is 12.9. The lowest BCUT2D eigenvalue weighted by Gasteiger charge is -2.14. The minimum Gasteiger partial charge on any atom is -0.346 e. The third-order valence-electron chi connectivity index (χ3n) is 2.90. The monoisotopic (exact) mass is 415 g/mol. The average Bonchev–Trinajstić information content (AvgIpc) is 2.42. The number of hydrogen-bond acceptors (Lipinski definition) is 1. The number of carbonyl (C=O) groups is 1. The number of benzene rings is 2. The van der Waals surface area contributed by atoms with Gasteiger partial charge in [-0.05, 0) is 58.7 Å². The van der Waals surface area contributed by atoms with Crippen LogP contribution >= 0.6 is 43.5 Å². The molecule has 0 heterocycles. The van der Waals surface area contributed by atoms with Crippen molar-refractivity contribution in [3.63, 3.8) is 0 Å². The lowest BCUT2D eigenvalue weighted by molar-refractivity contribution is 0.0940. The Bertz CT molecular complexity index is 628. The molecular formula is C15H12Br2ClNO. The summed E-state index contributed by atoms with van der Waals surface area (Å²) in [4.78, 5) is 12.2. The summed E-state index contributed by atoms with van der Waals surface area (Å²) in [6.07, 6.45) is 0. The van der Waals surface area contributed by atoms with E-state index in [1.54, 1.807) is 18.2 Å². The molecule has 0 saturated heterocycles. The molecule has 2 nitrogen and oxygen atoms in total. The molecule has 5 heteroatoms. The Morgan fingerprint density at radius 3 is 2.40 bits per heavy atom. The van der Waals surface area contributed by atoms with Crippen LogP contribution in [-0.2, 0) is 0 Å². The fourth-order valence-electron chi connectivity index (χ4n) is 1.75. The molecule has 0 aromatic heterocycles. The van der Waals surface area contributed by atoms with E-state index in [4.69, 9.17) is 11.6 Å². The summed E-state index contributed by atoms with van der Waals surface area (Å²) < 4.78 is 1.79. The maximum absolute atomic E-state index is 12.2. The molecule has 1 amide bonds. The second-order valence-electron chi connectivity index (χ2n) is 4.38. The summed E-state index contributed by atoms with van der Waals surface area (Å²) in [6.45, 7) is 1.95. The van der Waals surface area contributed by atoms with Gasteiger partial charge < -0.3 is 5.32 Å². The van der Waals surface area contributed by atoms with E-state index in [1.807, 2.05) is 31.2 Å². The minimum atomic E-state index is -0.144. The van der Waals surface area contributed by atoms with E-state index in [9.17, 15) is 4.79 Å². The van der Waals surface area contributed by atoms with Gasteiger partial charge in [0.2, 0.25) is 0 Å². The highest BCUT2D eigenvalue weighted by atomic mass is 79.9. The highest BCUT2D eigenvalue weighted by Crippen LogP contribution is 2.23. The molecule has 2 rings (SSSR count). The van der Waals surface area contributed by atoms with Crippen molar-refractivity contribution in [3.05, 3.63) is 67.6 Å². The predicted octanol–water partition coefficient (Wildman–Crippen LogP) is 5.36. The van der Waals surface area contributed by atoms with Crippen molar-refractivity contribution < 1.29 is 4.79 Å². The summed E-state index contributed by atoms with van der Waals surface area (Å²) in [7, 11) is 0. The van der Waals surface area contributed by atoms with Gasteiger partial charge in [-0.25, -0.2) is 0 Å². The van der Waals surface area contributed by atoms with E-state index in [1.165, 1.54) is 0 Å². The maximum Gasteiger partial charge on any atom is 0.251 e. The van der Waals surface area contributed by atoms with Crippen LogP contribution in [0.4, 0.5) is 0 Å². The molecule has 2 aromatic carbocycles. The van der Waals surface area contributed by atoms with E-state index in [-0.39, 0.29) is 11.9 Å². The zero-order valence-corrected chi connectivity index (χ0v) is 14.6. The van der Waals surface area contributed by atoms with Crippen LogP contribution in [-0.4, -0.2) is 5.91 Å². The molecule has 0 aliphatic rings. The number of hydrogen-bond donors (Lipinski definition) is 1. The van der Waals surface area contributed by atoms with Crippen LogP contribution in [0.15, 0.2) is 51.4 Å². The Labute approximate surface area is 139 Å². The summed E-state index contributed by atoms with van der Waals surface area (Å²) in [5, 5.41) is 3.47. The third kappa shape index (κ3) is 3.84. The number of rotatable bonds is 3. The normalized spacial score (nSPS) is 12.0. The topological polar surface area (TPSA) is 29.1 Å². The quantitative estimate of drug-likeness (QED) is 0.716. The first-order chi connectivity index (χ1) is 9.47. The molecule has 0 saturated carbocycles. The summed E-state index contributed by atoms with van der Waals surface area (Å²) in [5.74, 6) is -0.144. The van der Waals surface area contributed by atoms with Gasteiger partial charge in [0.15, 0.2) is 0 Å². The standard InChI is InChI=1S/C15H12Br2ClNO/c1-9(10-2-5-12(16)6-3-10)19-15(20)11-4-7-13(17)14(18)8-11/h2-9H,1H3,(H,19,20).